The molecule has 0 saturated carbocycles. The topological polar surface area (TPSA) is 97.7 Å². The summed E-state index contributed by atoms with van der Waals surface area (Å²) in [5, 5.41) is 16.2. The Morgan fingerprint density at radius 2 is 1.78 bits per heavy atom. The molecule has 0 spiro atoms. The van der Waals surface area contributed by atoms with Gasteiger partial charge in [0.25, 0.3) is 0 Å². The van der Waals surface area contributed by atoms with Gasteiger partial charge in [-0.05, 0) is 30.3 Å². The van der Waals surface area contributed by atoms with Crippen LogP contribution in [-0.2, 0) is 17.1 Å². The molecule has 0 bridgehead atoms. The molecule has 3 aromatic rings. The van der Waals surface area contributed by atoms with Crippen molar-refractivity contribution in [2.24, 2.45) is 17.2 Å². The number of sulfonamides is 1. The number of nitrogens with zero attached hydrogens (tertiary/aromatic N) is 2. The lowest BCUT2D eigenvalue weighted by Gasteiger charge is -1.98. The summed E-state index contributed by atoms with van der Waals surface area (Å²) < 4.78 is 24.1. The lowest BCUT2D eigenvalue weighted by molar-refractivity contribution is 0.434. The van der Waals surface area contributed by atoms with Gasteiger partial charge in [-0.3, -0.25) is 4.99 Å². The van der Waals surface area contributed by atoms with Crippen molar-refractivity contribution in [1.29, 1.82) is 0 Å². The van der Waals surface area contributed by atoms with Crippen LogP contribution in [0.2, 0.25) is 0 Å². The van der Waals surface area contributed by atoms with Gasteiger partial charge in [0.15, 0.2) is 0 Å². The van der Waals surface area contributed by atoms with Crippen molar-refractivity contribution in [2.75, 3.05) is 0 Å². The van der Waals surface area contributed by atoms with Gasteiger partial charge in [-0.1, -0.05) is 18.2 Å². The predicted molar refractivity (Wildman–Crippen MR) is 89.7 cm³/mol. The second kappa shape index (κ2) is 5.53. The Balaban J connectivity index is 1.99. The first-order valence-electron chi connectivity index (χ1n) is 6.81. The number of benzene rings is 2. The highest BCUT2D eigenvalue weighted by Gasteiger charge is 2.12. The lowest BCUT2D eigenvalue weighted by atomic mass is 10.2. The van der Waals surface area contributed by atoms with E-state index in [9.17, 15) is 13.5 Å². The molecule has 6 nitrogen and oxygen atoms in total. The fourth-order valence-electron chi connectivity index (χ4n) is 2.40. The number of para-hydroxylation sites is 1. The zero-order valence-electron chi connectivity index (χ0n) is 12.3. The number of aliphatic imine (C=N–C) groups is 1. The minimum absolute atomic E-state index is 0.0319. The van der Waals surface area contributed by atoms with Crippen LogP contribution in [0.4, 0.5) is 5.69 Å². The second-order valence-electron chi connectivity index (χ2n) is 5.11. The molecule has 7 heteroatoms. The maximum atomic E-state index is 11.2. The van der Waals surface area contributed by atoms with E-state index in [1.165, 1.54) is 12.1 Å². The van der Waals surface area contributed by atoms with Crippen molar-refractivity contribution in [2.45, 2.75) is 4.90 Å². The van der Waals surface area contributed by atoms with Crippen molar-refractivity contribution in [1.82, 2.24) is 4.57 Å². The Bertz CT molecular complexity index is 1000. The van der Waals surface area contributed by atoms with Gasteiger partial charge >= 0.3 is 0 Å². The van der Waals surface area contributed by atoms with E-state index in [4.69, 9.17) is 5.14 Å². The van der Waals surface area contributed by atoms with Gasteiger partial charge in [0.2, 0.25) is 15.9 Å². The van der Waals surface area contributed by atoms with Gasteiger partial charge in [0, 0.05) is 18.6 Å². The van der Waals surface area contributed by atoms with E-state index in [2.05, 4.69) is 4.99 Å². The fourth-order valence-corrected chi connectivity index (χ4v) is 2.91. The van der Waals surface area contributed by atoms with Crippen molar-refractivity contribution in [3.05, 3.63) is 54.1 Å². The number of rotatable bonds is 3. The summed E-state index contributed by atoms with van der Waals surface area (Å²) in [5.41, 5.74) is 2.07. The van der Waals surface area contributed by atoms with E-state index >= 15 is 0 Å². The molecule has 0 aliphatic heterocycles. The van der Waals surface area contributed by atoms with Crippen LogP contribution in [0.15, 0.2) is 58.4 Å². The van der Waals surface area contributed by atoms with Crippen LogP contribution >= 0.6 is 0 Å². The molecular formula is C16H15N3O3S. The van der Waals surface area contributed by atoms with E-state index < -0.39 is 10.0 Å². The highest BCUT2D eigenvalue weighted by Crippen LogP contribution is 2.29. The first kappa shape index (κ1) is 15.3. The highest BCUT2D eigenvalue weighted by atomic mass is 32.2. The average Bonchev–Trinajstić information content (AvgIpc) is 2.77. The molecule has 0 amide bonds. The normalized spacial score (nSPS) is 12.3. The second-order valence-corrected chi connectivity index (χ2v) is 6.67. The fraction of sp³-hybridized carbons (Fsp3) is 0.0625. The molecule has 3 rings (SSSR count). The van der Waals surface area contributed by atoms with E-state index in [0.717, 1.165) is 10.9 Å². The van der Waals surface area contributed by atoms with E-state index in [1.807, 2.05) is 24.3 Å². The van der Waals surface area contributed by atoms with Gasteiger partial charge in [-0.15, -0.1) is 0 Å². The molecule has 0 aliphatic carbocycles. The first-order chi connectivity index (χ1) is 10.9. The Morgan fingerprint density at radius 1 is 1.13 bits per heavy atom. The third kappa shape index (κ3) is 2.84. The number of hydrogen-bond acceptors (Lipinski definition) is 4. The van der Waals surface area contributed by atoms with Gasteiger partial charge in [0.05, 0.1) is 21.7 Å². The molecule has 1 heterocycles. The molecule has 0 atom stereocenters. The van der Waals surface area contributed by atoms with Gasteiger partial charge in [0.1, 0.15) is 0 Å². The molecule has 118 valence electrons. The van der Waals surface area contributed by atoms with E-state index in [1.54, 1.807) is 30.0 Å². The Kier molecular flexibility index (Phi) is 3.67. The quantitative estimate of drug-likeness (QED) is 0.721. The number of nitrogens with two attached hydrogens (primary N) is 1. The molecule has 2 aromatic carbocycles. The number of primary sulfonamides is 1. The zero-order chi connectivity index (χ0) is 16.6. The highest BCUT2D eigenvalue weighted by molar-refractivity contribution is 7.89. The number of fused-ring (bicyclic) bond motifs is 1. The minimum Gasteiger partial charge on any atom is -0.494 e. The van der Waals surface area contributed by atoms with Crippen molar-refractivity contribution in [3.63, 3.8) is 0 Å². The third-order valence-electron chi connectivity index (χ3n) is 3.62. The smallest absolute Gasteiger partial charge is 0.238 e. The largest absolute Gasteiger partial charge is 0.494 e. The molecule has 0 unspecified atom stereocenters. The van der Waals surface area contributed by atoms with Crippen molar-refractivity contribution < 1.29 is 13.5 Å². The minimum atomic E-state index is -3.71. The third-order valence-corrected chi connectivity index (χ3v) is 4.55. The van der Waals surface area contributed by atoms with E-state index in [0.29, 0.717) is 11.3 Å². The summed E-state index contributed by atoms with van der Waals surface area (Å²) in [6.07, 6.45) is 1.56. The summed E-state index contributed by atoms with van der Waals surface area (Å²) in [6, 6.07) is 13.5. The number of hydrogen-bond donors (Lipinski definition) is 2. The summed E-state index contributed by atoms with van der Waals surface area (Å²) in [5.74, 6) is 0.121. The summed E-state index contributed by atoms with van der Waals surface area (Å²) in [6.45, 7) is 0. The maximum absolute atomic E-state index is 11.2. The molecule has 0 aliphatic rings. The molecule has 3 N–H and O–H groups in total. The van der Waals surface area contributed by atoms with Crippen LogP contribution in [-0.4, -0.2) is 24.3 Å². The molecule has 23 heavy (non-hydrogen) atoms. The Labute approximate surface area is 133 Å². The zero-order valence-corrected chi connectivity index (χ0v) is 13.2. The summed E-state index contributed by atoms with van der Waals surface area (Å²) >= 11 is 0. The number of aryl methyl sites for hydroxylation is 1. The van der Waals surface area contributed by atoms with Crippen LogP contribution in [0.5, 0.6) is 5.88 Å². The molecule has 0 radical (unpaired) electrons. The SMILES string of the molecule is Cn1c(O)c(C=Nc2ccc(S(N)(=O)=O)cc2)c2ccccc21. The standard InChI is InChI=1S/C16H15N3O3S/c1-19-15-5-3-2-4-13(15)14(16(19)20)10-18-11-6-8-12(9-7-11)23(17,21)22/h2-10,20H,1H3,(H2,17,21,22). The summed E-state index contributed by atoms with van der Waals surface area (Å²) in [7, 11) is -1.94. The van der Waals surface area contributed by atoms with Crippen molar-refractivity contribution in [3.8, 4) is 5.88 Å². The first-order valence-corrected chi connectivity index (χ1v) is 8.36. The van der Waals surface area contributed by atoms with Crippen LogP contribution < -0.4 is 5.14 Å². The number of aromatic hydroxyl groups is 1. The molecule has 1 aromatic heterocycles. The van der Waals surface area contributed by atoms with Crippen LogP contribution in [0, 0.1) is 0 Å². The van der Waals surface area contributed by atoms with Crippen LogP contribution in [0.3, 0.4) is 0 Å². The van der Waals surface area contributed by atoms with Crippen LogP contribution in [0.25, 0.3) is 10.9 Å². The average molecular weight is 329 g/mol. The molecule has 0 saturated heterocycles. The monoisotopic (exact) mass is 329 g/mol. The van der Waals surface area contributed by atoms with Crippen molar-refractivity contribution >= 4 is 32.8 Å². The Hall–Kier alpha value is -2.64. The van der Waals surface area contributed by atoms with Gasteiger partial charge in [-0.25, -0.2) is 13.6 Å². The lowest BCUT2D eigenvalue weighted by Crippen LogP contribution is -2.11. The number of aromatic nitrogens is 1. The Morgan fingerprint density at radius 3 is 2.43 bits per heavy atom. The summed E-state index contributed by atoms with van der Waals surface area (Å²) in [4.78, 5) is 4.32. The molecular weight excluding hydrogens is 314 g/mol. The van der Waals surface area contributed by atoms with E-state index in [-0.39, 0.29) is 10.8 Å². The van der Waals surface area contributed by atoms with Crippen LogP contribution in [0.1, 0.15) is 5.56 Å². The van der Waals surface area contributed by atoms with Gasteiger partial charge < -0.3 is 9.67 Å². The maximum Gasteiger partial charge on any atom is 0.238 e. The van der Waals surface area contributed by atoms with Gasteiger partial charge in [-0.2, -0.15) is 0 Å². The molecule has 0 fully saturated rings. The predicted octanol–water partition coefficient (Wildman–Crippen LogP) is 2.28.